The molecule has 0 atom stereocenters. The minimum atomic E-state index is 0.731. The van der Waals surface area contributed by atoms with Crippen molar-refractivity contribution in [1.29, 1.82) is 0 Å². The lowest BCUT2D eigenvalue weighted by Crippen LogP contribution is -2.52. The van der Waals surface area contributed by atoms with Crippen LogP contribution in [0.1, 0.15) is 21.1 Å². The van der Waals surface area contributed by atoms with Crippen molar-refractivity contribution in [3.63, 3.8) is 0 Å². The standard InChI is InChI=1S/C19H26ClN5S/c1-14-15(2)26-18(23-14)12-22-19(21-3)25-9-7-24(8-10-25)13-16-5-4-6-17(20)11-16/h4-6,11H,7-10,12-13H2,1-3H3,(H,21,22). The Balaban J connectivity index is 1.49. The van der Waals surface area contributed by atoms with Crippen LogP contribution in [0.15, 0.2) is 29.3 Å². The third-order valence-corrected chi connectivity index (χ3v) is 5.96. The molecule has 1 aliphatic heterocycles. The second-order valence-electron chi connectivity index (χ2n) is 6.54. The van der Waals surface area contributed by atoms with Crippen LogP contribution in [0.2, 0.25) is 5.02 Å². The lowest BCUT2D eigenvalue weighted by atomic mass is 10.2. The third-order valence-electron chi connectivity index (χ3n) is 4.65. The van der Waals surface area contributed by atoms with Crippen LogP contribution < -0.4 is 5.32 Å². The molecule has 0 amide bonds. The van der Waals surface area contributed by atoms with E-state index in [-0.39, 0.29) is 0 Å². The molecular weight excluding hydrogens is 366 g/mol. The number of aliphatic imine (C=N–C) groups is 1. The predicted octanol–water partition coefficient (Wildman–Crippen LogP) is 3.31. The first-order valence-corrected chi connectivity index (χ1v) is 10.1. The van der Waals surface area contributed by atoms with Crippen molar-refractivity contribution in [2.75, 3.05) is 33.2 Å². The number of nitrogens with one attached hydrogen (secondary N) is 1. The Kier molecular flexibility index (Phi) is 6.51. The van der Waals surface area contributed by atoms with Crippen LogP contribution in [-0.2, 0) is 13.1 Å². The van der Waals surface area contributed by atoms with Crippen LogP contribution in [-0.4, -0.2) is 54.0 Å². The van der Waals surface area contributed by atoms with Crippen LogP contribution in [0, 0.1) is 13.8 Å². The number of halogens is 1. The van der Waals surface area contributed by atoms with Gasteiger partial charge in [-0.3, -0.25) is 9.89 Å². The molecule has 1 aliphatic rings. The first-order chi connectivity index (χ1) is 12.5. The van der Waals surface area contributed by atoms with Crippen molar-refractivity contribution in [3.8, 4) is 0 Å². The minimum Gasteiger partial charge on any atom is -0.350 e. The van der Waals surface area contributed by atoms with E-state index in [4.69, 9.17) is 11.6 Å². The molecule has 1 fully saturated rings. The lowest BCUT2D eigenvalue weighted by molar-refractivity contribution is 0.172. The molecule has 140 valence electrons. The summed E-state index contributed by atoms with van der Waals surface area (Å²) >= 11 is 7.84. The zero-order valence-electron chi connectivity index (χ0n) is 15.6. The summed E-state index contributed by atoms with van der Waals surface area (Å²) in [6, 6.07) is 8.12. The second kappa shape index (κ2) is 8.84. The topological polar surface area (TPSA) is 43.8 Å². The van der Waals surface area contributed by atoms with E-state index in [1.807, 2.05) is 25.2 Å². The first kappa shape index (κ1) is 19.1. The molecule has 0 spiro atoms. The smallest absolute Gasteiger partial charge is 0.194 e. The fourth-order valence-corrected chi connectivity index (χ4v) is 4.20. The van der Waals surface area contributed by atoms with Gasteiger partial charge in [0.05, 0.1) is 12.2 Å². The summed E-state index contributed by atoms with van der Waals surface area (Å²) in [6.45, 7) is 9.82. The Morgan fingerprint density at radius 1 is 1.27 bits per heavy atom. The fraction of sp³-hybridized carbons (Fsp3) is 0.474. The van der Waals surface area contributed by atoms with Gasteiger partial charge >= 0.3 is 0 Å². The highest BCUT2D eigenvalue weighted by molar-refractivity contribution is 7.11. The largest absolute Gasteiger partial charge is 0.350 e. The summed E-state index contributed by atoms with van der Waals surface area (Å²) in [5, 5.41) is 5.37. The lowest BCUT2D eigenvalue weighted by Gasteiger charge is -2.36. The molecule has 5 nitrogen and oxygen atoms in total. The van der Waals surface area contributed by atoms with E-state index in [0.29, 0.717) is 0 Å². The van der Waals surface area contributed by atoms with Crippen LogP contribution >= 0.6 is 22.9 Å². The minimum absolute atomic E-state index is 0.731. The summed E-state index contributed by atoms with van der Waals surface area (Å²) < 4.78 is 0. The molecule has 1 aromatic carbocycles. The number of hydrogen-bond donors (Lipinski definition) is 1. The number of benzene rings is 1. The monoisotopic (exact) mass is 391 g/mol. The number of thiazole rings is 1. The number of aromatic nitrogens is 1. The van der Waals surface area contributed by atoms with Gasteiger partial charge in [0.25, 0.3) is 0 Å². The van der Waals surface area contributed by atoms with Gasteiger partial charge in [0.1, 0.15) is 5.01 Å². The van der Waals surface area contributed by atoms with Gasteiger partial charge in [-0.25, -0.2) is 4.98 Å². The van der Waals surface area contributed by atoms with Crippen LogP contribution in [0.5, 0.6) is 0 Å². The molecule has 0 aliphatic carbocycles. The summed E-state index contributed by atoms with van der Waals surface area (Å²) in [5.74, 6) is 0.956. The Morgan fingerprint density at radius 3 is 2.65 bits per heavy atom. The molecule has 1 aromatic heterocycles. The molecular formula is C19H26ClN5S. The zero-order valence-corrected chi connectivity index (χ0v) is 17.2. The summed E-state index contributed by atoms with van der Waals surface area (Å²) in [5.41, 5.74) is 2.39. The Morgan fingerprint density at radius 2 is 2.04 bits per heavy atom. The van der Waals surface area contributed by atoms with Crippen LogP contribution in [0.25, 0.3) is 0 Å². The number of aryl methyl sites for hydroxylation is 2. The molecule has 2 heterocycles. The van der Waals surface area contributed by atoms with Crippen molar-refractivity contribution in [3.05, 3.63) is 50.4 Å². The summed E-state index contributed by atoms with van der Waals surface area (Å²) in [7, 11) is 1.85. The normalized spacial score (nSPS) is 16.2. The quantitative estimate of drug-likeness (QED) is 0.641. The van der Waals surface area contributed by atoms with Gasteiger partial charge in [-0.15, -0.1) is 11.3 Å². The van der Waals surface area contributed by atoms with Crippen LogP contribution in [0.3, 0.4) is 0 Å². The Hall–Kier alpha value is -1.63. The molecule has 3 rings (SSSR count). The molecule has 0 unspecified atom stereocenters. The van der Waals surface area contributed by atoms with Gasteiger partial charge in [0.2, 0.25) is 0 Å². The van der Waals surface area contributed by atoms with E-state index in [2.05, 4.69) is 45.0 Å². The zero-order chi connectivity index (χ0) is 18.5. The fourth-order valence-electron chi connectivity index (χ4n) is 3.11. The molecule has 1 N–H and O–H groups in total. The van der Waals surface area contributed by atoms with Crippen LogP contribution in [0.4, 0.5) is 0 Å². The maximum atomic E-state index is 6.09. The van der Waals surface area contributed by atoms with Gasteiger partial charge in [-0.1, -0.05) is 23.7 Å². The molecule has 26 heavy (non-hydrogen) atoms. The van der Waals surface area contributed by atoms with Crippen molar-refractivity contribution < 1.29 is 0 Å². The maximum Gasteiger partial charge on any atom is 0.194 e. The number of piperazine rings is 1. The second-order valence-corrected chi connectivity index (χ2v) is 8.27. The van der Waals surface area contributed by atoms with Gasteiger partial charge in [0, 0.05) is 49.7 Å². The number of nitrogens with zero attached hydrogens (tertiary/aromatic N) is 4. The summed E-state index contributed by atoms with van der Waals surface area (Å²) in [6.07, 6.45) is 0. The van der Waals surface area contributed by atoms with E-state index >= 15 is 0 Å². The highest BCUT2D eigenvalue weighted by Gasteiger charge is 2.20. The number of guanidine groups is 1. The highest BCUT2D eigenvalue weighted by Crippen LogP contribution is 2.16. The van der Waals surface area contributed by atoms with Gasteiger partial charge < -0.3 is 10.2 Å². The highest BCUT2D eigenvalue weighted by atomic mass is 35.5. The average Bonchev–Trinajstić information content (AvgIpc) is 2.95. The first-order valence-electron chi connectivity index (χ1n) is 8.90. The van der Waals surface area contributed by atoms with Crippen molar-refractivity contribution in [2.24, 2.45) is 4.99 Å². The Bertz CT molecular complexity index is 746. The maximum absolute atomic E-state index is 6.09. The molecule has 0 saturated carbocycles. The van der Waals surface area contributed by atoms with Gasteiger partial charge in [0.15, 0.2) is 5.96 Å². The van der Waals surface area contributed by atoms with E-state index in [1.165, 1.54) is 10.4 Å². The van der Waals surface area contributed by atoms with Crippen molar-refractivity contribution >= 4 is 28.9 Å². The molecule has 7 heteroatoms. The molecule has 0 radical (unpaired) electrons. The molecule has 2 aromatic rings. The number of rotatable bonds is 4. The van der Waals surface area contributed by atoms with Gasteiger partial charge in [-0.05, 0) is 31.5 Å². The van der Waals surface area contributed by atoms with Crippen molar-refractivity contribution in [1.82, 2.24) is 20.1 Å². The predicted molar refractivity (Wildman–Crippen MR) is 110 cm³/mol. The third kappa shape index (κ3) is 4.96. The van der Waals surface area contributed by atoms with E-state index in [1.54, 1.807) is 11.3 Å². The molecule has 0 bridgehead atoms. The van der Waals surface area contributed by atoms with E-state index in [9.17, 15) is 0 Å². The number of hydrogen-bond acceptors (Lipinski definition) is 4. The average molecular weight is 392 g/mol. The van der Waals surface area contributed by atoms with E-state index in [0.717, 1.165) is 61.0 Å². The molecule has 1 saturated heterocycles. The van der Waals surface area contributed by atoms with Crippen molar-refractivity contribution in [2.45, 2.75) is 26.9 Å². The summed E-state index contributed by atoms with van der Waals surface area (Å²) in [4.78, 5) is 15.1. The van der Waals surface area contributed by atoms with E-state index < -0.39 is 0 Å². The SMILES string of the molecule is CN=C(NCc1nc(C)c(C)s1)N1CCN(Cc2cccc(Cl)c2)CC1. The van der Waals surface area contributed by atoms with Gasteiger partial charge in [-0.2, -0.15) is 0 Å². The Labute approximate surface area is 164 Å².